The van der Waals surface area contributed by atoms with E-state index in [0.29, 0.717) is 23.9 Å². The molecular formula is C20H24N4O2S. The van der Waals surface area contributed by atoms with Crippen molar-refractivity contribution in [2.75, 3.05) is 37.6 Å². The Bertz CT molecular complexity index is 779. The molecule has 27 heavy (non-hydrogen) atoms. The predicted molar refractivity (Wildman–Crippen MR) is 106 cm³/mol. The maximum atomic E-state index is 12.3. The van der Waals surface area contributed by atoms with Crippen LogP contribution in [-0.4, -0.2) is 54.4 Å². The van der Waals surface area contributed by atoms with Crippen molar-refractivity contribution in [3.05, 3.63) is 46.4 Å². The van der Waals surface area contributed by atoms with Crippen LogP contribution in [0.2, 0.25) is 0 Å². The van der Waals surface area contributed by atoms with Crippen molar-refractivity contribution in [3.8, 4) is 0 Å². The maximum Gasteiger partial charge on any atom is 0.251 e. The van der Waals surface area contributed by atoms with Gasteiger partial charge in [0, 0.05) is 61.7 Å². The fourth-order valence-electron chi connectivity index (χ4n) is 3.36. The van der Waals surface area contributed by atoms with Gasteiger partial charge in [0.1, 0.15) is 0 Å². The first-order chi connectivity index (χ1) is 13.2. The number of nitrogens with zero attached hydrogens (tertiary/aromatic N) is 3. The first kappa shape index (κ1) is 18.0. The highest BCUT2D eigenvalue weighted by Gasteiger charge is 2.34. The van der Waals surface area contributed by atoms with Crippen LogP contribution in [0, 0.1) is 5.92 Å². The molecule has 1 saturated heterocycles. The zero-order valence-corrected chi connectivity index (χ0v) is 16.1. The Morgan fingerprint density at radius 3 is 2.48 bits per heavy atom. The highest BCUT2D eigenvalue weighted by Crippen LogP contribution is 2.31. The molecule has 1 aromatic heterocycles. The highest BCUT2D eigenvalue weighted by atomic mass is 32.1. The molecule has 1 aliphatic carbocycles. The van der Waals surface area contributed by atoms with Gasteiger partial charge in [-0.2, -0.15) is 0 Å². The van der Waals surface area contributed by atoms with Gasteiger partial charge in [-0.3, -0.25) is 9.59 Å². The molecule has 142 valence electrons. The molecule has 2 amide bonds. The van der Waals surface area contributed by atoms with Crippen molar-refractivity contribution in [1.29, 1.82) is 0 Å². The zero-order chi connectivity index (χ0) is 18.6. The lowest BCUT2D eigenvalue weighted by Gasteiger charge is -2.36. The lowest BCUT2D eigenvalue weighted by atomic mass is 10.1. The van der Waals surface area contributed by atoms with Crippen LogP contribution in [0.1, 0.15) is 28.9 Å². The van der Waals surface area contributed by atoms with Crippen LogP contribution in [0.15, 0.2) is 35.2 Å². The molecule has 0 radical (unpaired) electrons. The summed E-state index contributed by atoms with van der Waals surface area (Å²) < 4.78 is 0. The SMILES string of the molecule is O=C(NCCc1cscn1)c1ccc(N2CCN(C(=O)C3CC3)CC2)cc1. The number of thiazole rings is 1. The van der Waals surface area contributed by atoms with Gasteiger partial charge >= 0.3 is 0 Å². The lowest BCUT2D eigenvalue weighted by Crippen LogP contribution is -2.49. The van der Waals surface area contributed by atoms with E-state index in [1.54, 1.807) is 16.8 Å². The van der Waals surface area contributed by atoms with E-state index in [2.05, 4.69) is 15.2 Å². The van der Waals surface area contributed by atoms with Crippen molar-refractivity contribution in [2.45, 2.75) is 19.3 Å². The molecule has 0 atom stereocenters. The third kappa shape index (κ3) is 4.47. The lowest BCUT2D eigenvalue weighted by molar-refractivity contribution is -0.132. The Balaban J connectivity index is 1.26. The van der Waals surface area contributed by atoms with Gasteiger partial charge in [0.05, 0.1) is 11.2 Å². The molecule has 6 nitrogen and oxygen atoms in total. The van der Waals surface area contributed by atoms with Crippen LogP contribution in [0.5, 0.6) is 0 Å². The number of hydrogen-bond donors (Lipinski definition) is 1. The first-order valence-electron chi connectivity index (χ1n) is 9.50. The molecule has 0 bridgehead atoms. The van der Waals surface area contributed by atoms with Crippen molar-refractivity contribution < 1.29 is 9.59 Å². The normalized spacial score (nSPS) is 17.0. The fourth-order valence-corrected chi connectivity index (χ4v) is 3.96. The Labute approximate surface area is 163 Å². The monoisotopic (exact) mass is 384 g/mol. The topological polar surface area (TPSA) is 65.5 Å². The minimum Gasteiger partial charge on any atom is -0.368 e. The second kappa shape index (κ2) is 8.08. The van der Waals surface area contributed by atoms with Crippen molar-refractivity contribution >= 4 is 28.8 Å². The van der Waals surface area contributed by atoms with Crippen LogP contribution >= 0.6 is 11.3 Å². The number of nitrogens with one attached hydrogen (secondary N) is 1. The second-order valence-corrected chi connectivity index (χ2v) is 7.84. The van der Waals surface area contributed by atoms with Crippen molar-refractivity contribution in [1.82, 2.24) is 15.2 Å². The number of carbonyl (C=O) groups excluding carboxylic acids is 2. The largest absolute Gasteiger partial charge is 0.368 e. The number of piperazine rings is 1. The summed E-state index contributed by atoms with van der Waals surface area (Å²) in [6.07, 6.45) is 2.87. The molecule has 2 heterocycles. The minimum atomic E-state index is -0.0587. The molecule has 2 aliphatic rings. The minimum absolute atomic E-state index is 0.0587. The second-order valence-electron chi connectivity index (χ2n) is 7.12. The molecular weight excluding hydrogens is 360 g/mol. The van der Waals surface area contributed by atoms with Crippen LogP contribution in [-0.2, 0) is 11.2 Å². The van der Waals surface area contributed by atoms with E-state index in [0.717, 1.165) is 56.8 Å². The summed E-state index contributed by atoms with van der Waals surface area (Å²) in [4.78, 5) is 32.9. The van der Waals surface area contributed by atoms with Gasteiger partial charge < -0.3 is 15.1 Å². The van der Waals surface area contributed by atoms with Gasteiger partial charge in [-0.25, -0.2) is 4.98 Å². The smallest absolute Gasteiger partial charge is 0.251 e. The van der Waals surface area contributed by atoms with Gasteiger partial charge in [-0.15, -0.1) is 11.3 Å². The standard InChI is InChI=1S/C20H24N4O2S/c25-19(21-8-7-17-13-27-14-22-17)15-3-5-18(6-4-15)23-9-11-24(12-10-23)20(26)16-1-2-16/h3-6,13-14,16H,1-2,7-12H2,(H,21,25). The number of hydrogen-bond acceptors (Lipinski definition) is 5. The number of aromatic nitrogens is 1. The van der Waals surface area contributed by atoms with E-state index in [1.807, 2.05) is 34.5 Å². The summed E-state index contributed by atoms with van der Waals surface area (Å²) in [5, 5.41) is 4.94. The number of rotatable bonds is 6. The van der Waals surface area contributed by atoms with Crippen LogP contribution in [0.3, 0.4) is 0 Å². The van der Waals surface area contributed by atoms with Gasteiger partial charge in [-0.1, -0.05) is 0 Å². The molecule has 0 unspecified atom stereocenters. The predicted octanol–water partition coefficient (Wildman–Crippen LogP) is 2.17. The summed E-state index contributed by atoms with van der Waals surface area (Å²) in [5.41, 5.74) is 4.58. The number of carbonyl (C=O) groups is 2. The van der Waals surface area contributed by atoms with E-state index in [4.69, 9.17) is 0 Å². The van der Waals surface area contributed by atoms with E-state index in [-0.39, 0.29) is 5.91 Å². The molecule has 0 spiro atoms. The fraction of sp³-hybridized carbons (Fsp3) is 0.450. The third-order valence-electron chi connectivity index (χ3n) is 5.16. The Morgan fingerprint density at radius 2 is 1.85 bits per heavy atom. The molecule has 1 saturated carbocycles. The maximum absolute atomic E-state index is 12.3. The summed E-state index contributed by atoms with van der Waals surface area (Å²) in [5.74, 6) is 0.570. The van der Waals surface area contributed by atoms with E-state index < -0.39 is 0 Å². The third-order valence-corrected chi connectivity index (χ3v) is 5.80. The van der Waals surface area contributed by atoms with Crippen LogP contribution < -0.4 is 10.2 Å². The molecule has 1 N–H and O–H groups in total. The summed E-state index contributed by atoms with van der Waals surface area (Å²) in [6.45, 7) is 3.85. The molecule has 7 heteroatoms. The first-order valence-corrected chi connectivity index (χ1v) is 10.4. The Kier molecular flexibility index (Phi) is 5.38. The Hall–Kier alpha value is -2.41. The average molecular weight is 385 g/mol. The number of amides is 2. The van der Waals surface area contributed by atoms with E-state index >= 15 is 0 Å². The number of anilines is 1. The van der Waals surface area contributed by atoms with Crippen LogP contribution in [0.4, 0.5) is 5.69 Å². The quantitative estimate of drug-likeness (QED) is 0.829. The molecule has 2 aromatic rings. The molecule has 1 aromatic carbocycles. The highest BCUT2D eigenvalue weighted by molar-refractivity contribution is 7.07. The van der Waals surface area contributed by atoms with Gasteiger partial charge in [0.25, 0.3) is 5.91 Å². The van der Waals surface area contributed by atoms with Crippen molar-refractivity contribution in [3.63, 3.8) is 0 Å². The zero-order valence-electron chi connectivity index (χ0n) is 15.3. The summed E-state index contributed by atoms with van der Waals surface area (Å²) in [7, 11) is 0. The summed E-state index contributed by atoms with van der Waals surface area (Å²) in [6, 6.07) is 7.73. The van der Waals surface area contributed by atoms with Crippen molar-refractivity contribution in [2.24, 2.45) is 5.92 Å². The van der Waals surface area contributed by atoms with Crippen LogP contribution in [0.25, 0.3) is 0 Å². The molecule has 2 fully saturated rings. The average Bonchev–Trinajstić information content (AvgIpc) is 3.44. The number of benzene rings is 1. The van der Waals surface area contributed by atoms with E-state index in [9.17, 15) is 9.59 Å². The summed E-state index contributed by atoms with van der Waals surface area (Å²) >= 11 is 1.57. The Morgan fingerprint density at radius 1 is 1.11 bits per heavy atom. The molecule has 1 aliphatic heterocycles. The van der Waals surface area contributed by atoms with Gasteiger partial charge in [0.2, 0.25) is 5.91 Å². The van der Waals surface area contributed by atoms with E-state index in [1.165, 1.54) is 0 Å². The van der Waals surface area contributed by atoms with Gasteiger partial charge in [-0.05, 0) is 37.1 Å². The van der Waals surface area contributed by atoms with Gasteiger partial charge in [0.15, 0.2) is 0 Å². The molecule has 4 rings (SSSR count).